The number of nitrogens with zero attached hydrogens (tertiary/aromatic N) is 2. The Morgan fingerprint density at radius 1 is 1.19 bits per heavy atom. The molecule has 2 aromatic rings. The van der Waals surface area contributed by atoms with Crippen LogP contribution in [0.15, 0.2) is 42.7 Å². The van der Waals surface area contributed by atoms with Gasteiger partial charge in [-0.3, -0.25) is 0 Å². The van der Waals surface area contributed by atoms with Gasteiger partial charge in [-0.05, 0) is 12.0 Å². The molecule has 1 unspecified atom stereocenters. The molecule has 1 heterocycles. The van der Waals surface area contributed by atoms with Crippen molar-refractivity contribution >= 4 is 11.8 Å². The zero-order valence-corrected chi connectivity index (χ0v) is 11.4. The Hall–Kier alpha value is -2.47. The maximum absolute atomic E-state index is 10.7. The minimum atomic E-state index is -1.10. The third-order valence-corrected chi connectivity index (χ3v) is 3.15. The third kappa shape index (κ3) is 4.25. The predicted octanol–water partition coefficient (Wildman–Crippen LogP) is 1.75. The van der Waals surface area contributed by atoms with Crippen LogP contribution in [0.25, 0.3) is 0 Å². The van der Waals surface area contributed by atoms with Crippen LogP contribution in [0.5, 0.6) is 0 Å². The van der Waals surface area contributed by atoms with Gasteiger partial charge in [0.1, 0.15) is 5.82 Å². The van der Waals surface area contributed by atoms with Gasteiger partial charge < -0.3 is 15.5 Å². The number of carboxylic acids is 1. The molecule has 3 N–H and O–H groups in total. The normalized spacial score (nSPS) is 11.9. The van der Waals surface area contributed by atoms with Crippen molar-refractivity contribution in [1.82, 2.24) is 9.97 Å². The van der Waals surface area contributed by atoms with E-state index in [2.05, 4.69) is 15.3 Å². The molecule has 0 radical (unpaired) electrons. The average molecular weight is 287 g/mol. The molecule has 0 fully saturated rings. The number of aromatic nitrogens is 2. The number of carboxylic acid groups (broad SMARTS) is 1. The van der Waals surface area contributed by atoms with Crippen LogP contribution in [-0.4, -0.2) is 39.3 Å². The Labute approximate surface area is 122 Å². The Bertz CT molecular complexity index is 572. The molecule has 0 amide bonds. The van der Waals surface area contributed by atoms with Crippen LogP contribution in [0, 0.1) is 0 Å². The van der Waals surface area contributed by atoms with E-state index in [-0.39, 0.29) is 18.2 Å². The summed E-state index contributed by atoms with van der Waals surface area (Å²) in [6.45, 7) is 0.691. The van der Waals surface area contributed by atoms with E-state index in [4.69, 9.17) is 5.11 Å². The quantitative estimate of drug-likeness (QED) is 0.718. The molecule has 2 rings (SSSR count). The molecule has 1 atom stereocenters. The third-order valence-electron chi connectivity index (χ3n) is 3.15. The molecule has 0 saturated heterocycles. The number of rotatable bonds is 7. The van der Waals surface area contributed by atoms with E-state index in [1.165, 1.54) is 12.4 Å². The lowest BCUT2D eigenvalue weighted by atomic mass is 9.96. The van der Waals surface area contributed by atoms with Gasteiger partial charge in [-0.2, -0.15) is 0 Å². The van der Waals surface area contributed by atoms with Crippen LogP contribution < -0.4 is 5.32 Å². The SMILES string of the molecule is O=C(O)c1cnc(NCC(CCO)c2ccccc2)cn1. The molecule has 1 aromatic heterocycles. The first-order valence-electron chi connectivity index (χ1n) is 6.65. The molecule has 0 aliphatic heterocycles. The van der Waals surface area contributed by atoms with Crippen molar-refractivity contribution in [2.75, 3.05) is 18.5 Å². The highest BCUT2D eigenvalue weighted by Crippen LogP contribution is 2.19. The van der Waals surface area contributed by atoms with Crippen LogP contribution in [0.2, 0.25) is 0 Å². The minimum absolute atomic E-state index is 0.0875. The molecule has 21 heavy (non-hydrogen) atoms. The number of nitrogens with one attached hydrogen (secondary N) is 1. The van der Waals surface area contributed by atoms with Gasteiger partial charge >= 0.3 is 5.97 Å². The Morgan fingerprint density at radius 3 is 2.52 bits per heavy atom. The van der Waals surface area contributed by atoms with Gasteiger partial charge in [0, 0.05) is 19.1 Å². The summed E-state index contributed by atoms with van der Waals surface area (Å²) in [5.41, 5.74) is 1.05. The van der Waals surface area contributed by atoms with Gasteiger partial charge in [-0.1, -0.05) is 30.3 Å². The molecule has 110 valence electrons. The van der Waals surface area contributed by atoms with Gasteiger partial charge in [0.15, 0.2) is 5.69 Å². The number of benzene rings is 1. The van der Waals surface area contributed by atoms with Crippen LogP contribution in [0.3, 0.4) is 0 Å². The number of aromatic carboxylic acids is 1. The monoisotopic (exact) mass is 287 g/mol. The highest BCUT2D eigenvalue weighted by Gasteiger charge is 2.11. The average Bonchev–Trinajstić information content (AvgIpc) is 2.52. The summed E-state index contributed by atoms with van der Waals surface area (Å²) < 4.78 is 0. The first kappa shape index (κ1) is 14.9. The van der Waals surface area contributed by atoms with Crippen molar-refractivity contribution in [2.24, 2.45) is 0 Å². The molecule has 0 aliphatic rings. The van der Waals surface area contributed by atoms with Gasteiger partial charge in [0.25, 0.3) is 0 Å². The van der Waals surface area contributed by atoms with E-state index in [9.17, 15) is 9.90 Å². The van der Waals surface area contributed by atoms with Crippen LogP contribution in [-0.2, 0) is 0 Å². The molecule has 6 heteroatoms. The highest BCUT2D eigenvalue weighted by molar-refractivity contribution is 5.84. The second-order valence-corrected chi connectivity index (χ2v) is 4.59. The molecule has 0 spiro atoms. The summed E-state index contributed by atoms with van der Waals surface area (Å²) in [5.74, 6) is -0.437. The second kappa shape index (κ2) is 7.35. The molecule has 0 saturated carbocycles. The fraction of sp³-hybridized carbons (Fsp3) is 0.267. The van der Waals surface area contributed by atoms with E-state index < -0.39 is 5.97 Å². The maximum Gasteiger partial charge on any atom is 0.356 e. The standard InChI is InChI=1S/C15H17N3O3/c19-7-6-12(11-4-2-1-3-5-11)8-17-14-10-16-13(9-18-14)15(20)21/h1-5,9-10,12,19H,6-8H2,(H,17,18)(H,20,21). The number of aliphatic hydroxyl groups excluding tert-OH is 1. The van der Waals surface area contributed by atoms with E-state index in [1.54, 1.807) is 0 Å². The van der Waals surface area contributed by atoms with Crippen molar-refractivity contribution in [3.8, 4) is 0 Å². The van der Waals surface area contributed by atoms with E-state index >= 15 is 0 Å². The molecule has 6 nitrogen and oxygen atoms in total. The van der Waals surface area contributed by atoms with Crippen LogP contribution in [0.1, 0.15) is 28.4 Å². The van der Waals surface area contributed by atoms with Gasteiger partial charge in [-0.25, -0.2) is 14.8 Å². The minimum Gasteiger partial charge on any atom is -0.476 e. The zero-order valence-electron chi connectivity index (χ0n) is 11.4. The Balaban J connectivity index is 2.00. The maximum atomic E-state index is 10.7. The summed E-state index contributed by atoms with van der Waals surface area (Å²) in [6, 6.07) is 9.90. The number of hydrogen-bond donors (Lipinski definition) is 3. The highest BCUT2D eigenvalue weighted by atomic mass is 16.4. The first-order chi connectivity index (χ1) is 10.2. The smallest absolute Gasteiger partial charge is 0.356 e. The Morgan fingerprint density at radius 2 is 1.95 bits per heavy atom. The molecular weight excluding hydrogens is 270 g/mol. The van der Waals surface area contributed by atoms with Crippen molar-refractivity contribution in [3.05, 3.63) is 54.0 Å². The van der Waals surface area contributed by atoms with Gasteiger partial charge in [0.2, 0.25) is 0 Å². The van der Waals surface area contributed by atoms with Crippen LogP contribution >= 0.6 is 0 Å². The van der Waals surface area contributed by atoms with Gasteiger partial charge in [-0.15, -0.1) is 0 Å². The van der Waals surface area contributed by atoms with Crippen molar-refractivity contribution < 1.29 is 15.0 Å². The predicted molar refractivity (Wildman–Crippen MR) is 78.4 cm³/mol. The lowest BCUT2D eigenvalue weighted by molar-refractivity contribution is 0.0690. The number of anilines is 1. The number of hydrogen-bond acceptors (Lipinski definition) is 5. The lowest BCUT2D eigenvalue weighted by Gasteiger charge is -2.17. The number of aliphatic hydroxyl groups is 1. The van der Waals surface area contributed by atoms with Gasteiger partial charge in [0.05, 0.1) is 12.4 Å². The molecule has 0 aliphatic carbocycles. The van der Waals surface area contributed by atoms with Crippen molar-refractivity contribution in [1.29, 1.82) is 0 Å². The van der Waals surface area contributed by atoms with E-state index in [0.717, 1.165) is 5.56 Å². The summed E-state index contributed by atoms with van der Waals surface area (Å²) in [5, 5.41) is 21.0. The summed E-state index contributed by atoms with van der Waals surface area (Å²) in [7, 11) is 0. The fourth-order valence-electron chi connectivity index (χ4n) is 2.03. The molecule has 1 aromatic carbocycles. The largest absolute Gasteiger partial charge is 0.476 e. The number of carbonyl (C=O) groups is 1. The summed E-state index contributed by atoms with van der Waals surface area (Å²) in [4.78, 5) is 18.5. The second-order valence-electron chi connectivity index (χ2n) is 4.59. The Kier molecular flexibility index (Phi) is 5.22. The fourth-order valence-corrected chi connectivity index (χ4v) is 2.03. The molecular formula is C15H17N3O3. The molecule has 0 bridgehead atoms. The lowest BCUT2D eigenvalue weighted by Crippen LogP contribution is -2.15. The topological polar surface area (TPSA) is 95.3 Å². The summed E-state index contributed by atoms with van der Waals surface area (Å²) in [6.07, 6.45) is 3.25. The van der Waals surface area contributed by atoms with E-state index in [1.807, 2.05) is 30.3 Å². The van der Waals surface area contributed by atoms with Crippen molar-refractivity contribution in [3.63, 3.8) is 0 Å². The first-order valence-corrected chi connectivity index (χ1v) is 6.65. The zero-order chi connectivity index (χ0) is 15.1. The van der Waals surface area contributed by atoms with E-state index in [0.29, 0.717) is 18.8 Å². The van der Waals surface area contributed by atoms with Crippen LogP contribution in [0.4, 0.5) is 5.82 Å². The summed E-state index contributed by atoms with van der Waals surface area (Å²) >= 11 is 0. The van der Waals surface area contributed by atoms with Crippen molar-refractivity contribution in [2.45, 2.75) is 12.3 Å².